The fourth-order valence-electron chi connectivity index (χ4n) is 3.97. The summed E-state index contributed by atoms with van der Waals surface area (Å²) in [7, 11) is 1.47. The zero-order valence-electron chi connectivity index (χ0n) is 15.4. The fraction of sp³-hybridized carbons (Fsp3) is 0.238. The molecular formula is C21H20N4O3. The first kappa shape index (κ1) is 16.7. The second kappa shape index (κ2) is 6.30. The summed E-state index contributed by atoms with van der Waals surface area (Å²) in [6, 6.07) is 9.32. The monoisotopic (exact) mass is 376 g/mol. The van der Waals surface area contributed by atoms with Crippen molar-refractivity contribution in [1.29, 1.82) is 0 Å². The minimum Gasteiger partial charge on any atom is -0.504 e. The Labute approximate surface area is 162 Å². The van der Waals surface area contributed by atoms with Gasteiger partial charge in [-0.15, -0.1) is 0 Å². The number of rotatable bonds is 2. The number of ether oxygens (including phenoxy) is 1. The van der Waals surface area contributed by atoms with E-state index < -0.39 is 0 Å². The Morgan fingerprint density at radius 3 is 2.96 bits per heavy atom. The Bertz CT molecular complexity index is 1040. The van der Waals surface area contributed by atoms with Crippen molar-refractivity contribution in [1.82, 2.24) is 4.90 Å². The van der Waals surface area contributed by atoms with Crippen molar-refractivity contribution in [3.05, 3.63) is 47.7 Å². The van der Waals surface area contributed by atoms with Gasteiger partial charge in [0.15, 0.2) is 11.5 Å². The molecule has 3 aliphatic heterocycles. The van der Waals surface area contributed by atoms with Gasteiger partial charge in [0, 0.05) is 25.0 Å². The number of benzene rings is 2. The molecule has 0 unspecified atom stereocenters. The predicted molar refractivity (Wildman–Crippen MR) is 109 cm³/mol. The fourth-order valence-corrected chi connectivity index (χ4v) is 3.97. The highest BCUT2D eigenvalue weighted by molar-refractivity contribution is 6.03. The van der Waals surface area contributed by atoms with Gasteiger partial charge in [-0.3, -0.25) is 9.79 Å². The van der Waals surface area contributed by atoms with Gasteiger partial charge in [0.1, 0.15) is 0 Å². The lowest BCUT2D eigenvalue weighted by Gasteiger charge is -2.20. The quantitative estimate of drug-likeness (QED) is 0.749. The van der Waals surface area contributed by atoms with Crippen molar-refractivity contribution in [2.24, 2.45) is 4.99 Å². The number of methoxy groups -OCH3 is 1. The van der Waals surface area contributed by atoms with E-state index in [0.717, 1.165) is 35.5 Å². The largest absolute Gasteiger partial charge is 0.504 e. The number of phenolic OH excluding ortho intramolecular Hbond substituents is 1. The lowest BCUT2D eigenvalue weighted by Crippen LogP contribution is -2.34. The van der Waals surface area contributed by atoms with E-state index in [0.29, 0.717) is 17.8 Å². The molecule has 5 rings (SSSR count). The Hall–Kier alpha value is -3.48. The van der Waals surface area contributed by atoms with Crippen LogP contribution in [-0.4, -0.2) is 48.4 Å². The maximum Gasteiger partial charge on any atom is 0.260 e. The maximum atomic E-state index is 13.2. The van der Waals surface area contributed by atoms with E-state index in [1.54, 1.807) is 17.0 Å². The molecule has 0 bridgehead atoms. The van der Waals surface area contributed by atoms with Crippen LogP contribution in [0, 0.1) is 0 Å². The van der Waals surface area contributed by atoms with Gasteiger partial charge in [-0.25, -0.2) is 0 Å². The van der Waals surface area contributed by atoms with E-state index in [9.17, 15) is 9.90 Å². The van der Waals surface area contributed by atoms with Gasteiger partial charge < -0.3 is 25.4 Å². The smallest absolute Gasteiger partial charge is 0.260 e. The lowest BCUT2D eigenvalue weighted by atomic mass is 10.0. The van der Waals surface area contributed by atoms with Crippen LogP contribution in [-0.2, 0) is 0 Å². The molecular weight excluding hydrogens is 356 g/mol. The second-order valence-electron chi connectivity index (χ2n) is 7.10. The van der Waals surface area contributed by atoms with E-state index in [1.807, 2.05) is 18.5 Å². The molecule has 0 aliphatic carbocycles. The molecule has 3 aliphatic rings. The summed E-state index contributed by atoms with van der Waals surface area (Å²) < 4.78 is 5.17. The summed E-state index contributed by atoms with van der Waals surface area (Å²) in [6.45, 7) is 1.35. The molecule has 7 heteroatoms. The highest BCUT2D eigenvalue weighted by atomic mass is 16.5. The van der Waals surface area contributed by atoms with Gasteiger partial charge in [0.05, 0.1) is 42.3 Å². The molecule has 3 N–H and O–H groups in total. The normalized spacial score (nSPS) is 19.6. The van der Waals surface area contributed by atoms with E-state index in [4.69, 9.17) is 4.74 Å². The van der Waals surface area contributed by atoms with Crippen LogP contribution in [0.3, 0.4) is 0 Å². The molecule has 0 spiro atoms. The predicted octanol–water partition coefficient (Wildman–Crippen LogP) is 3.21. The number of aliphatic imine (C=N–C) groups is 1. The molecule has 2 aromatic carbocycles. The Balaban J connectivity index is 1.50. The van der Waals surface area contributed by atoms with Gasteiger partial charge in [-0.05, 0) is 35.8 Å². The van der Waals surface area contributed by atoms with E-state index >= 15 is 0 Å². The third-order valence-corrected chi connectivity index (χ3v) is 5.44. The molecule has 0 saturated heterocycles. The number of phenols is 1. The Kier molecular flexibility index (Phi) is 3.75. The summed E-state index contributed by atoms with van der Waals surface area (Å²) in [5, 5.41) is 16.6. The molecule has 0 aromatic heterocycles. The van der Waals surface area contributed by atoms with Gasteiger partial charge in [-0.2, -0.15) is 0 Å². The molecule has 142 valence electrons. The first-order chi connectivity index (χ1) is 13.6. The molecule has 7 nitrogen and oxygen atoms in total. The number of amides is 1. The standard InChI is InChI=1S/C21H20N4O3/c1-28-20-8-15-17(9-19(20)26)24-10-14-6-13(11-25(14)21(15)27)12-2-3-16-18(7-12)23-5-4-22-16/h2-3,5,7-9,11,14,22,24,26H,4,6,10H2,1H3/t14-/m0/s1. The summed E-state index contributed by atoms with van der Waals surface area (Å²) in [5.41, 5.74) is 5.25. The van der Waals surface area contributed by atoms with Crippen molar-refractivity contribution in [3.8, 4) is 11.5 Å². The number of fused-ring (bicyclic) bond motifs is 3. The maximum absolute atomic E-state index is 13.2. The summed E-state index contributed by atoms with van der Waals surface area (Å²) in [6.07, 6.45) is 4.55. The molecule has 0 saturated carbocycles. The third kappa shape index (κ3) is 2.58. The average Bonchev–Trinajstić information content (AvgIpc) is 3.11. The summed E-state index contributed by atoms with van der Waals surface area (Å²) in [5.74, 6) is 0.204. The van der Waals surface area contributed by atoms with Crippen LogP contribution in [0.15, 0.2) is 41.5 Å². The van der Waals surface area contributed by atoms with Crippen LogP contribution in [0.5, 0.6) is 11.5 Å². The van der Waals surface area contributed by atoms with Crippen LogP contribution >= 0.6 is 0 Å². The van der Waals surface area contributed by atoms with Gasteiger partial charge in [0.25, 0.3) is 5.91 Å². The van der Waals surface area contributed by atoms with Crippen LogP contribution in [0.1, 0.15) is 22.3 Å². The van der Waals surface area contributed by atoms with E-state index in [-0.39, 0.29) is 23.4 Å². The summed E-state index contributed by atoms with van der Waals surface area (Å²) in [4.78, 5) is 19.4. The number of nitrogens with zero attached hydrogens (tertiary/aromatic N) is 2. The zero-order chi connectivity index (χ0) is 19.3. The van der Waals surface area contributed by atoms with Crippen molar-refractivity contribution in [2.75, 3.05) is 30.8 Å². The highest BCUT2D eigenvalue weighted by Crippen LogP contribution is 2.39. The second-order valence-corrected chi connectivity index (χ2v) is 7.10. The third-order valence-electron chi connectivity index (χ3n) is 5.44. The van der Waals surface area contributed by atoms with Crippen LogP contribution in [0.4, 0.5) is 17.1 Å². The zero-order valence-corrected chi connectivity index (χ0v) is 15.4. The van der Waals surface area contributed by atoms with Gasteiger partial charge in [0.2, 0.25) is 0 Å². The number of nitrogens with one attached hydrogen (secondary N) is 2. The minimum absolute atomic E-state index is 0.0145. The van der Waals surface area contributed by atoms with Crippen molar-refractivity contribution < 1.29 is 14.6 Å². The molecule has 0 fully saturated rings. The number of aromatic hydroxyl groups is 1. The first-order valence-corrected chi connectivity index (χ1v) is 9.23. The lowest BCUT2D eigenvalue weighted by molar-refractivity contribution is 0.0796. The molecule has 3 heterocycles. The van der Waals surface area contributed by atoms with E-state index in [1.165, 1.54) is 7.11 Å². The minimum atomic E-state index is -0.101. The van der Waals surface area contributed by atoms with Crippen molar-refractivity contribution >= 4 is 34.8 Å². The molecule has 1 amide bonds. The molecule has 2 aromatic rings. The Morgan fingerprint density at radius 2 is 2.11 bits per heavy atom. The Morgan fingerprint density at radius 1 is 1.21 bits per heavy atom. The van der Waals surface area contributed by atoms with Crippen molar-refractivity contribution in [2.45, 2.75) is 12.5 Å². The number of carbonyl (C=O) groups excluding carboxylic acids is 1. The number of hydrogen-bond donors (Lipinski definition) is 3. The van der Waals surface area contributed by atoms with Gasteiger partial charge in [-0.1, -0.05) is 6.07 Å². The number of anilines is 2. The average molecular weight is 376 g/mol. The number of hydrogen-bond acceptors (Lipinski definition) is 6. The van der Waals surface area contributed by atoms with Crippen LogP contribution in [0.25, 0.3) is 5.57 Å². The van der Waals surface area contributed by atoms with Crippen LogP contribution < -0.4 is 15.4 Å². The highest BCUT2D eigenvalue weighted by Gasteiger charge is 2.34. The molecule has 28 heavy (non-hydrogen) atoms. The molecule has 0 radical (unpaired) electrons. The number of carbonyl (C=O) groups is 1. The molecule has 1 atom stereocenters. The SMILES string of the molecule is COc1cc2c(cc1O)NC[C@@H]1CC(c3ccc4c(c3)N=CCN4)=CN1C2=O. The topological polar surface area (TPSA) is 86.2 Å². The first-order valence-electron chi connectivity index (χ1n) is 9.23. The van der Waals surface area contributed by atoms with Gasteiger partial charge >= 0.3 is 0 Å². The summed E-state index contributed by atoms with van der Waals surface area (Å²) >= 11 is 0. The van der Waals surface area contributed by atoms with E-state index in [2.05, 4.69) is 27.8 Å². The van der Waals surface area contributed by atoms with Crippen molar-refractivity contribution in [3.63, 3.8) is 0 Å². The van der Waals surface area contributed by atoms with Crippen LogP contribution in [0.2, 0.25) is 0 Å².